The molecule has 5 nitrogen and oxygen atoms in total. The molecule has 0 aliphatic carbocycles. The van der Waals surface area contributed by atoms with Crippen molar-refractivity contribution in [1.29, 1.82) is 0 Å². The van der Waals surface area contributed by atoms with E-state index in [1.165, 1.54) is 12.1 Å². The van der Waals surface area contributed by atoms with Crippen LogP contribution >= 0.6 is 0 Å². The first-order chi connectivity index (χ1) is 7.04. The van der Waals surface area contributed by atoms with E-state index >= 15 is 0 Å². The Hall–Kier alpha value is -2.17. The van der Waals surface area contributed by atoms with Gasteiger partial charge in [-0.1, -0.05) is 30.3 Å². The van der Waals surface area contributed by atoms with Gasteiger partial charge in [0.25, 0.3) is 5.91 Å². The van der Waals surface area contributed by atoms with Gasteiger partial charge < -0.3 is 10.8 Å². The van der Waals surface area contributed by atoms with E-state index in [-0.39, 0.29) is 5.56 Å². The smallest absolute Gasteiger partial charge is 0.319 e. The second-order valence-corrected chi connectivity index (χ2v) is 2.91. The molecule has 0 radical (unpaired) electrons. The number of nitrogens with two attached hydrogens (primary N) is 1. The van der Waals surface area contributed by atoms with Gasteiger partial charge in [0.1, 0.15) is 5.92 Å². The zero-order chi connectivity index (χ0) is 11.4. The van der Waals surface area contributed by atoms with Gasteiger partial charge in [-0.05, 0) is 5.56 Å². The maximum Gasteiger partial charge on any atom is 0.319 e. The van der Waals surface area contributed by atoms with E-state index in [1.54, 1.807) is 18.2 Å². The molecule has 1 aromatic rings. The fourth-order valence-corrected chi connectivity index (χ4v) is 1.19. The molecule has 0 heterocycles. The molecule has 3 N–H and O–H groups in total. The molecule has 1 rings (SSSR count). The molecule has 0 fully saturated rings. The van der Waals surface area contributed by atoms with E-state index in [0.29, 0.717) is 0 Å². The largest absolute Gasteiger partial charge is 0.480 e. The highest BCUT2D eigenvalue weighted by molar-refractivity contribution is 6.41. The summed E-state index contributed by atoms with van der Waals surface area (Å²) in [6, 6.07) is 7.76. The molecule has 1 unspecified atom stereocenters. The van der Waals surface area contributed by atoms with Crippen LogP contribution in [0.1, 0.15) is 11.5 Å². The Morgan fingerprint density at radius 1 is 1.13 bits per heavy atom. The molecule has 15 heavy (non-hydrogen) atoms. The van der Waals surface area contributed by atoms with Crippen molar-refractivity contribution in [2.45, 2.75) is 5.92 Å². The summed E-state index contributed by atoms with van der Waals surface area (Å²) < 4.78 is 0. The van der Waals surface area contributed by atoms with Gasteiger partial charge in [-0.2, -0.15) is 0 Å². The highest BCUT2D eigenvalue weighted by atomic mass is 16.4. The molecule has 1 atom stereocenters. The minimum atomic E-state index is -1.51. The van der Waals surface area contributed by atoms with Crippen molar-refractivity contribution < 1.29 is 19.5 Å². The molecular formula is C10H9NO4. The fraction of sp³-hybridized carbons (Fsp3) is 0.100. The Bertz CT molecular complexity index is 399. The minimum Gasteiger partial charge on any atom is -0.480 e. The van der Waals surface area contributed by atoms with Crippen LogP contribution in [0.5, 0.6) is 0 Å². The fourth-order valence-electron chi connectivity index (χ4n) is 1.19. The number of carbonyl (C=O) groups is 3. The summed E-state index contributed by atoms with van der Waals surface area (Å²) in [5.41, 5.74) is 5.00. The van der Waals surface area contributed by atoms with E-state index < -0.39 is 23.6 Å². The van der Waals surface area contributed by atoms with E-state index in [9.17, 15) is 14.4 Å². The number of hydrogen-bond acceptors (Lipinski definition) is 3. The molecule has 0 aromatic heterocycles. The first-order valence-electron chi connectivity index (χ1n) is 4.15. The Morgan fingerprint density at radius 2 is 1.67 bits per heavy atom. The van der Waals surface area contributed by atoms with Crippen molar-refractivity contribution in [2.75, 3.05) is 0 Å². The molecule has 1 aromatic carbocycles. The first kappa shape index (κ1) is 10.9. The van der Waals surface area contributed by atoms with Crippen molar-refractivity contribution in [3.8, 4) is 0 Å². The zero-order valence-corrected chi connectivity index (χ0v) is 7.71. The van der Waals surface area contributed by atoms with Gasteiger partial charge in [0.05, 0.1) is 0 Å². The number of carbonyl (C=O) groups excluding carboxylic acids is 2. The SMILES string of the molecule is NC(=O)C(=O)C(C(=O)O)c1ccccc1. The Balaban J connectivity index is 3.10. The summed E-state index contributed by atoms with van der Waals surface area (Å²) in [6.45, 7) is 0. The van der Waals surface area contributed by atoms with Gasteiger partial charge in [0, 0.05) is 0 Å². The van der Waals surface area contributed by atoms with Crippen LogP contribution in [0.3, 0.4) is 0 Å². The van der Waals surface area contributed by atoms with E-state index in [0.717, 1.165) is 0 Å². The Labute approximate surface area is 85.5 Å². The molecular weight excluding hydrogens is 198 g/mol. The number of hydrogen-bond donors (Lipinski definition) is 2. The average molecular weight is 207 g/mol. The normalized spacial score (nSPS) is 11.7. The lowest BCUT2D eigenvalue weighted by Crippen LogP contribution is -2.33. The number of Topliss-reactive ketones (excluding diaryl/α,β-unsaturated/α-hetero) is 1. The third-order valence-electron chi connectivity index (χ3n) is 1.88. The van der Waals surface area contributed by atoms with E-state index in [4.69, 9.17) is 10.8 Å². The van der Waals surface area contributed by atoms with Crippen LogP contribution in [0.4, 0.5) is 0 Å². The topological polar surface area (TPSA) is 97.5 Å². The molecule has 1 amide bonds. The van der Waals surface area contributed by atoms with Gasteiger partial charge >= 0.3 is 5.97 Å². The van der Waals surface area contributed by atoms with Crippen molar-refractivity contribution in [1.82, 2.24) is 0 Å². The predicted molar refractivity (Wildman–Crippen MR) is 51.0 cm³/mol. The van der Waals surface area contributed by atoms with Crippen molar-refractivity contribution >= 4 is 17.7 Å². The number of aliphatic carboxylic acids is 1. The van der Waals surface area contributed by atoms with Crippen molar-refractivity contribution in [3.63, 3.8) is 0 Å². The highest BCUT2D eigenvalue weighted by Crippen LogP contribution is 2.16. The maximum atomic E-state index is 11.2. The van der Waals surface area contributed by atoms with E-state index in [1.807, 2.05) is 0 Å². The lowest BCUT2D eigenvalue weighted by molar-refractivity contribution is -0.146. The summed E-state index contributed by atoms with van der Waals surface area (Å²) in [5, 5.41) is 8.82. The van der Waals surface area contributed by atoms with Crippen LogP contribution in [0.2, 0.25) is 0 Å². The van der Waals surface area contributed by atoms with Gasteiger partial charge in [-0.25, -0.2) is 0 Å². The van der Waals surface area contributed by atoms with Crippen LogP contribution in [-0.2, 0) is 14.4 Å². The third kappa shape index (κ3) is 2.40. The predicted octanol–water partition coefficient (Wildman–Crippen LogP) is -0.0908. The summed E-state index contributed by atoms with van der Waals surface area (Å²) in [7, 11) is 0. The van der Waals surface area contributed by atoms with Crippen LogP contribution in [0, 0.1) is 0 Å². The number of ketones is 1. The number of primary amides is 1. The van der Waals surface area contributed by atoms with Gasteiger partial charge in [-0.3, -0.25) is 14.4 Å². The molecule has 0 saturated heterocycles. The molecule has 0 bridgehead atoms. The molecule has 0 aliphatic heterocycles. The zero-order valence-electron chi connectivity index (χ0n) is 7.71. The van der Waals surface area contributed by atoms with Gasteiger partial charge in [0.2, 0.25) is 5.78 Å². The Kier molecular flexibility index (Phi) is 3.17. The summed E-state index contributed by atoms with van der Waals surface area (Å²) in [6.07, 6.45) is 0. The van der Waals surface area contributed by atoms with Crippen molar-refractivity contribution in [2.24, 2.45) is 5.73 Å². The third-order valence-corrected chi connectivity index (χ3v) is 1.88. The molecule has 0 saturated carbocycles. The number of carboxylic acid groups (broad SMARTS) is 1. The molecule has 0 spiro atoms. The number of carboxylic acids is 1. The minimum absolute atomic E-state index is 0.244. The lowest BCUT2D eigenvalue weighted by Gasteiger charge is -2.08. The van der Waals surface area contributed by atoms with Gasteiger partial charge in [-0.15, -0.1) is 0 Å². The maximum absolute atomic E-state index is 11.2. The molecule has 0 aliphatic rings. The van der Waals surface area contributed by atoms with Crippen LogP contribution in [0.15, 0.2) is 30.3 Å². The number of rotatable bonds is 4. The van der Waals surface area contributed by atoms with Crippen molar-refractivity contribution in [3.05, 3.63) is 35.9 Å². The van der Waals surface area contributed by atoms with Crippen LogP contribution in [-0.4, -0.2) is 22.8 Å². The summed E-state index contributed by atoms with van der Waals surface area (Å²) in [5.74, 6) is -5.26. The molecule has 5 heteroatoms. The molecule has 78 valence electrons. The lowest BCUT2D eigenvalue weighted by atomic mass is 9.94. The monoisotopic (exact) mass is 207 g/mol. The number of amides is 1. The van der Waals surface area contributed by atoms with Gasteiger partial charge in [0.15, 0.2) is 0 Å². The second-order valence-electron chi connectivity index (χ2n) is 2.91. The summed E-state index contributed by atoms with van der Waals surface area (Å²) in [4.78, 5) is 32.7. The van der Waals surface area contributed by atoms with Crippen LogP contribution < -0.4 is 5.73 Å². The highest BCUT2D eigenvalue weighted by Gasteiger charge is 2.31. The first-order valence-corrected chi connectivity index (χ1v) is 4.15. The van der Waals surface area contributed by atoms with Crippen LogP contribution in [0.25, 0.3) is 0 Å². The Morgan fingerprint density at radius 3 is 2.07 bits per heavy atom. The van der Waals surface area contributed by atoms with E-state index in [2.05, 4.69) is 0 Å². The quantitative estimate of drug-likeness (QED) is 0.532. The number of benzene rings is 1. The standard InChI is InChI=1S/C10H9NO4/c11-9(13)8(12)7(10(14)15)6-4-2-1-3-5-6/h1-5,7H,(H2,11,13)(H,14,15). The average Bonchev–Trinajstić information content (AvgIpc) is 2.18. The summed E-state index contributed by atoms with van der Waals surface area (Å²) >= 11 is 0. The second kappa shape index (κ2) is 4.36.